The first-order chi connectivity index (χ1) is 19.1. The molecule has 0 aliphatic carbocycles. The molecule has 1 saturated heterocycles. The van der Waals surface area contributed by atoms with Crippen molar-refractivity contribution in [3.8, 4) is 11.3 Å². The molecule has 0 bridgehead atoms. The number of anilines is 1. The number of aromatic nitrogens is 2. The van der Waals surface area contributed by atoms with Gasteiger partial charge in [0.05, 0.1) is 5.69 Å². The molecule has 1 aliphatic rings. The summed E-state index contributed by atoms with van der Waals surface area (Å²) in [5, 5.41) is 8.83. The highest BCUT2D eigenvalue weighted by atomic mass is 16.2. The van der Waals surface area contributed by atoms with Crippen molar-refractivity contribution in [1.29, 1.82) is 0 Å². The van der Waals surface area contributed by atoms with E-state index >= 15 is 0 Å². The molecule has 1 aliphatic heterocycles. The van der Waals surface area contributed by atoms with E-state index in [-0.39, 0.29) is 18.4 Å². The lowest BCUT2D eigenvalue weighted by atomic mass is 10.1. The third-order valence-corrected chi connectivity index (χ3v) is 7.10. The average Bonchev–Trinajstić information content (AvgIpc) is 3.00. The average molecular weight is 520 g/mol. The van der Waals surface area contributed by atoms with Crippen molar-refractivity contribution in [3.63, 3.8) is 0 Å². The molecule has 0 unspecified atom stereocenters. The molecule has 0 N–H and O–H groups in total. The number of benzene rings is 3. The Balaban J connectivity index is 1.20. The Hall–Kier alpha value is -4.52. The topological polar surface area (TPSA) is 69.6 Å². The van der Waals surface area contributed by atoms with Crippen LogP contribution in [0.5, 0.6) is 0 Å². The van der Waals surface area contributed by atoms with Crippen molar-refractivity contribution < 1.29 is 9.59 Å². The maximum Gasteiger partial charge on any atom is 0.254 e. The van der Waals surface area contributed by atoms with Crippen LogP contribution in [0.4, 0.5) is 5.82 Å². The molecule has 3 aromatic carbocycles. The number of rotatable bonds is 8. The number of carbonyl (C=O) groups is 2. The van der Waals surface area contributed by atoms with Crippen molar-refractivity contribution in [2.24, 2.45) is 0 Å². The molecule has 7 nitrogen and oxygen atoms in total. The first-order valence-corrected chi connectivity index (χ1v) is 13.4. The highest BCUT2D eigenvalue weighted by Gasteiger charge is 2.26. The van der Waals surface area contributed by atoms with Crippen molar-refractivity contribution in [1.82, 2.24) is 20.0 Å². The normalized spacial score (nSPS) is 13.3. The van der Waals surface area contributed by atoms with Crippen LogP contribution in [0.3, 0.4) is 0 Å². The standard InChI is InChI=1S/C32H33N5O2/c1-25-12-14-28(15-13-25)32(39)37(19-18-26-8-4-2-5-9-26)24-31(38)36-22-20-35(21-23-36)30-17-16-29(33-34-30)27-10-6-3-7-11-27/h2-17H,18-24H2,1H3. The van der Waals surface area contributed by atoms with Gasteiger partial charge < -0.3 is 14.7 Å². The molecule has 39 heavy (non-hydrogen) atoms. The number of aryl methyl sites for hydroxylation is 1. The van der Waals surface area contributed by atoms with Gasteiger partial charge in [0.25, 0.3) is 5.91 Å². The van der Waals surface area contributed by atoms with Crippen LogP contribution in [0.1, 0.15) is 21.5 Å². The molecule has 198 valence electrons. The Morgan fingerprint density at radius 2 is 1.44 bits per heavy atom. The van der Waals surface area contributed by atoms with E-state index in [0.29, 0.717) is 44.7 Å². The Kier molecular flexibility index (Phi) is 8.26. The molecular weight excluding hydrogens is 486 g/mol. The summed E-state index contributed by atoms with van der Waals surface area (Å²) in [6.45, 7) is 5.02. The van der Waals surface area contributed by atoms with Gasteiger partial charge in [0, 0.05) is 43.9 Å². The number of hydrogen-bond donors (Lipinski definition) is 0. The molecule has 2 heterocycles. The van der Waals surface area contributed by atoms with Crippen LogP contribution >= 0.6 is 0 Å². The minimum Gasteiger partial charge on any atom is -0.352 e. The van der Waals surface area contributed by atoms with E-state index in [1.165, 1.54) is 0 Å². The number of amides is 2. The predicted octanol–water partition coefficient (Wildman–Crippen LogP) is 4.49. The summed E-state index contributed by atoms with van der Waals surface area (Å²) >= 11 is 0. The van der Waals surface area contributed by atoms with Gasteiger partial charge in [0.1, 0.15) is 6.54 Å². The molecule has 2 amide bonds. The monoisotopic (exact) mass is 519 g/mol. The van der Waals surface area contributed by atoms with Crippen LogP contribution < -0.4 is 4.90 Å². The zero-order valence-electron chi connectivity index (χ0n) is 22.2. The molecule has 0 saturated carbocycles. The van der Waals surface area contributed by atoms with Gasteiger partial charge in [-0.1, -0.05) is 78.4 Å². The molecule has 1 fully saturated rings. The van der Waals surface area contributed by atoms with Gasteiger partial charge in [-0.05, 0) is 43.2 Å². The van der Waals surface area contributed by atoms with E-state index < -0.39 is 0 Å². The smallest absolute Gasteiger partial charge is 0.254 e. The molecule has 1 aromatic heterocycles. The van der Waals surface area contributed by atoms with E-state index in [4.69, 9.17) is 0 Å². The number of nitrogens with zero attached hydrogens (tertiary/aromatic N) is 5. The minimum atomic E-state index is -0.119. The van der Waals surface area contributed by atoms with Crippen molar-refractivity contribution in [3.05, 3.63) is 114 Å². The van der Waals surface area contributed by atoms with Crippen molar-refractivity contribution in [2.45, 2.75) is 13.3 Å². The molecule has 0 spiro atoms. The highest BCUT2D eigenvalue weighted by molar-refractivity contribution is 5.96. The molecule has 4 aromatic rings. The zero-order chi connectivity index (χ0) is 27.0. The third kappa shape index (κ3) is 6.68. The summed E-state index contributed by atoms with van der Waals surface area (Å²) in [6.07, 6.45) is 0.692. The predicted molar refractivity (Wildman–Crippen MR) is 153 cm³/mol. The van der Waals surface area contributed by atoms with Gasteiger partial charge in [-0.15, -0.1) is 10.2 Å². The van der Waals surface area contributed by atoms with E-state index in [1.807, 2.05) is 109 Å². The van der Waals surface area contributed by atoms with Crippen LogP contribution in [0, 0.1) is 6.92 Å². The summed E-state index contributed by atoms with van der Waals surface area (Å²) in [7, 11) is 0. The Morgan fingerprint density at radius 1 is 0.769 bits per heavy atom. The third-order valence-electron chi connectivity index (χ3n) is 7.10. The quantitative estimate of drug-likeness (QED) is 0.343. The second-order valence-electron chi connectivity index (χ2n) is 9.84. The van der Waals surface area contributed by atoms with Crippen LogP contribution in [0.2, 0.25) is 0 Å². The van der Waals surface area contributed by atoms with Gasteiger partial charge in [-0.2, -0.15) is 0 Å². The Morgan fingerprint density at radius 3 is 2.08 bits per heavy atom. The zero-order valence-corrected chi connectivity index (χ0v) is 22.2. The van der Waals surface area contributed by atoms with Gasteiger partial charge in [-0.25, -0.2) is 0 Å². The minimum absolute atomic E-state index is 0.0336. The van der Waals surface area contributed by atoms with Crippen LogP contribution in [-0.4, -0.2) is 71.1 Å². The number of piperazine rings is 1. The maximum absolute atomic E-state index is 13.4. The van der Waals surface area contributed by atoms with Crippen molar-refractivity contribution in [2.75, 3.05) is 44.2 Å². The van der Waals surface area contributed by atoms with Crippen LogP contribution in [0.15, 0.2) is 97.1 Å². The number of carbonyl (C=O) groups excluding carboxylic acids is 2. The van der Waals surface area contributed by atoms with E-state index in [0.717, 1.165) is 28.2 Å². The van der Waals surface area contributed by atoms with Gasteiger partial charge in [-0.3, -0.25) is 9.59 Å². The van der Waals surface area contributed by atoms with Crippen LogP contribution in [-0.2, 0) is 11.2 Å². The molecule has 5 rings (SSSR count). The largest absolute Gasteiger partial charge is 0.352 e. The second-order valence-corrected chi connectivity index (χ2v) is 9.84. The Bertz CT molecular complexity index is 1370. The molecular formula is C32H33N5O2. The SMILES string of the molecule is Cc1ccc(C(=O)N(CCc2ccccc2)CC(=O)N2CCN(c3ccc(-c4ccccc4)nn3)CC2)cc1. The summed E-state index contributed by atoms with van der Waals surface area (Å²) in [5.74, 6) is 0.654. The highest BCUT2D eigenvalue weighted by Crippen LogP contribution is 2.19. The summed E-state index contributed by atoms with van der Waals surface area (Å²) < 4.78 is 0. The fraction of sp³-hybridized carbons (Fsp3) is 0.250. The van der Waals surface area contributed by atoms with Crippen LogP contribution in [0.25, 0.3) is 11.3 Å². The Labute approximate surface area is 229 Å². The van der Waals surface area contributed by atoms with E-state index in [2.05, 4.69) is 15.1 Å². The fourth-order valence-electron chi connectivity index (χ4n) is 4.74. The lowest BCUT2D eigenvalue weighted by Crippen LogP contribution is -2.52. The molecule has 0 atom stereocenters. The van der Waals surface area contributed by atoms with Gasteiger partial charge >= 0.3 is 0 Å². The maximum atomic E-state index is 13.4. The summed E-state index contributed by atoms with van der Waals surface area (Å²) in [6, 6.07) is 31.5. The number of hydrogen-bond acceptors (Lipinski definition) is 5. The van der Waals surface area contributed by atoms with Gasteiger partial charge in [0.2, 0.25) is 5.91 Å². The molecule has 0 radical (unpaired) electrons. The summed E-state index contributed by atoms with van der Waals surface area (Å²) in [4.78, 5) is 32.4. The lowest BCUT2D eigenvalue weighted by Gasteiger charge is -2.36. The van der Waals surface area contributed by atoms with Gasteiger partial charge in [0.15, 0.2) is 5.82 Å². The molecule has 7 heteroatoms. The first-order valence-electron chi connectivity index (χ1n) is 13.4. The lowest BCUT2D eigenvalue weighted by molar-refractivity contribution is -0.132. The summed E-state index contributed by atoms with van der Waals surface area (Å²) in [5.41, 5.74) is 4.70. The fourth-order valence-corrected chi connectivity index (χ4v) is 4.74. The second kappa shape index (κ2) is 12.3. The first kappa shape index (κ1) is 26.1. The van der Waals surface area contributed by atoms with E-state index in [1.54, 1.807) is 4.90 Å². The van der Waals surface area contributed by atoms with E-state index in [9.17, 15) is 9.59 Å². The van der Waals surface area contributed by atoms with Crippen molar-refractivity contribution >= 4 is 17.6 Å².